The number of piperidine rings is 1. The van der Waals surface area contributed by atoms with Gasteiger partial charge >= 0.3 is 0 Å². The number of carbonyl (C=O) groups is 1. The molecule has 3 aromatic rings. The number of H-pyrrole nitrogens is 1. The minimum absolute atomic E-state index is 0.271. The molecule has 2 heterocycles. The molecule has 0 bridgehead atoms. The topological polar surface area (TPSA) is 48.1 Å². The summed E-state index contributed by atoms with van der Waals surface area (Å²) < 4.78 is 13.3. The van der Waals surface area contributed by atoms with Gasteiger partial charge in [0.1, 0.15) is 11.5 Å². The van der Waals surface area contributed by atoms with Crippen molar-refractivity contribution in [2.75, 3.05) is 18.4 Å². The van der Waals surface area contributed by atoms with E-state index in [4.69, 9.17) is 0 Å². The summed E-state index contributed by atoms with van der Waals surface area (Å²) in [6, 6.07) is 14.8. The third kappa shape index (κ3) is 3.94. The van der Waals surface area contributed by atoms with Gasteiger partial charge in [-0.15, -0.1) is 0 Å². The lowest BCUT2D eigenvalue weighted by molar-refractivity contribution is 0.102. The molecule has 0 saturated carbocycles. The predicted octanol–water partition coefficient (Wildman–Crippen LogP) is 5.15. The van der Waals surface area contributed by atoms with Crippen molar-refractivity contribution in [2.45, 2.75) is 38.6 Å². The Kier molecular flexibility index (Phi) is 5.18. The van der Waals surface area contributed by atoms with Crippen LogP contribution >= 0.6 is 0 Å². The lowest BCUT2D eigenvalue weighted by atomic mass is 9.89. The van der Waals surface area contributed by atoms with Gasteiger partial charge in [-0.3, -0.25) is 4.79 Å². The molecule has 2 N–H and O–H groups in total. The van der Waals surface area contributed by atoms with Crippen LogP contribution in [0.4, 0.5) is 10.1 Å². The summed E-state index contributed by atoms with van der Waals surface area (Å²) in [5, 5.41) is 3.77. The first-order valence-electron chi connectivity index (χ1n) is 9.93. The van der Waals surface area contributed by atoms with E-state index in [0.717, 1.165) is 17.4 Å². The summed E-state index contributed by atoms with van der Waals surface area (Å²) in [4.78, 5) is 18.2. The number of halogens is 1. The normalized spacial score (nSPS) is 17.9. The highest BCUT2D eigenvalue weighted by molar-refractivity contribution is 6.06. The highest BCUT2D eigenvalue weighted by Crippen LogP contribution is 2.30. The van der Waals surface area contributed by atoms with Gasteiger partial charge in [0.2, 0.25) is 0 Å². The first kappa shape index (κ1) is 18.7. The van der Waals surface area contributed by atoms with Gasteiger partial charge in [0, 0.05) is 29.2 Å². The number of nitrogens with one attached hydrogen (secondary N) is 2. The quantitative estimate of drug-likeness (QED) is 0.659. The average Bonchev–Trinajstić information content (AvgIpc) is 3.11. The van der Waals surface area contributed by atoms with Crippen molar-refractivity contribution in [1.29, 1.82) is 0 Å². The zero-order valence-corrected chi connectivity index (χ0v) is 16.3. The Morgan fingerprint density at radius 1 is 1.21 bits per heavy atom. The number of carbonyl (C=O) groups excluding carboxylic acids is 1. The van der Waals surface area contributed by atoms with Crippen LogP contribution in [0.5, 0.6) is 0 Å². The number of benzene rings is 2. The molecule has 1 atom stereocenters. The van der Waals surface area contributed by atoms with Crippen LogP contribution in [0.15, 0.2) is 48.5 Å². The fourth-order valence-electron chi connectivity index (χ4n) is 4.04. The summed E-state index contributed by atoms with van der Waals surface area (Å²) >= 11 is 0. The molecule has 1 aromatic heterocycles. The molecule has 1 aliphatic heterocycles. The number of rotatable bonds is 4. The number of fused-ring (bicyclic) bond motifs is 1. The fraction of sp³-hybridized carbons (Fsp3) is 0.348. The monoisotopic (exact) mass is 379 g/mol. The molecule has 146 valence electrons. The van der Waals surface area contributed by atoms with E-state index >= 15 is 0 Å². The molecule has 0 radical (unpaired) electrons. The highest BCUT2D eigenvalue weighted by Gasteiger charge is 2.23. The SMILES string of the molecule is CC(C)N1CCC[C@@H](c2ccc3[nH]c(C(=O)Nc4cccc(F)c4)cc3c2)C1. The summed E-state index contributed by atoms with van der Waals surface area (Å²) in [5.41, 5.74) is 3.18. The molecule has 2 aromatic carbocycles. The summed E-state index contributed by atoms with van der Waals surface area (Å²) in [5.74, 6) is -0.117. The van der Waals surface area contributed by atoms with Gasteiger partial charge in [0.25, 0.3) is 5.91 Å². The predicted molar refractivity (Wildman–Crippen MR) is 111 cm³/mol. The molecule has 0 aliphatic carbocycles. The van der Waals surface area contributed by atoms with Crippen LogP contribution in [0.25, 0.3) is 10.9 Å². The summed E-state index contributed by atoms with van der Waals surface area (Å²) in [6.07, 6.45) is 2.42. The minimum atomic E-state index is -0.373. The molecule has 4 nitrogen and oxygen atoms in total. The van der Waals surface area contributed by atoms with Gasteiger partial charge < -0.3 is 15.2 Å². The van der Waals surface area contributed by atoms with Gasteiger partial charge in [-0.2, -0.15) is 0 Å². The van der Waals surface area contributed by atoms with Gasteiger partial charge in [-0.1, -0.05) is 12.1 Å². The van der Waals surface area contributed by atoms with Crippen molar-refractivity contribution >= 4 is 22.5 Å². The number of hydrogen-bond donors (Lipinski definition) is 2. The van der Waals surface area contributed by atoms with Crippen LogP contribution in [0.1, 0.15) is 48.7 Å². The van der Waals surface area contributed by atoms with Crippen molar-refractivity contribution in [2.24, 2.45) is 0 Å². The number of nitrogens with zero attached hydrogens (tertiary/aromatic N) is 1. The molecule has 1 aliphatic rings. The number of anilines is 1. The first-order valence-corrected chi connectivity index (χ1v) is 9.93. The zero-order chi connectivity index (χ0) is 19.7. The van der Waals surface area contributed by atoms with Crippen molar-refractivity contribution in [3.8, 4) is 0 Å². The molecule has 1 amide bonds. The Morgan fingerprint density at radius 2 is 2.07 bits per heavy atom. The smallest absolute Gasteiger partial charge is 0.272 e. The van der Waals surface area contributed by atoms with E-state index in [-0.39, 0.29) is 11.7 Å². The van der Waals surface area contributed by atoms with E-state index in [9.17, 15) is 9.18 Å². The molecular formula is C23H26FN3O. The van der Waals surface area contributed by atoms with Crippen LogP contribution < -0.4 is 5.32 Å². The van der Waals surface area contributed by atoms with Crippen molar-refractivity contribution in [3.05, 3.63) is 65.6 Å². The fourth-order valence-corrected chi connectivity index (χ4v) is 4.04. The number of hydrogen-bond acceptors (Lipinski definition) is 2. The highest BCUT2D eigenvalue weighted by atomic mass is 19.1. The second-order valence-electron chi connectivity index (χ2n) is 7.92. The van der Waals surface area contributed by atoms with E-state index in [0.29, 0.717) is 23.3 Å². The molecule has 1 fully saturated rings. The molecule has 4 rings (SSSR count). The zero-order valence-electron chi connectivity index (χ0n) is 16.3. The van der Waals surface area contributed by atoms with Crippen LogP contribution in [0, 0.1) is 5.82 Å². The molecule has 1 saturated heterocycles. The Hall–Kier alpha value is -2.66. The molecule has 0 unspecified atom stereocenters. The first-order chi connectivity index (χ1) is 13.5. The molecule has 28 heavy (non-hydrogen) atoms. The Labute approximate surface area is 164 Å². The van der Waals surface area contributed by atoms with E-state index in [2.05, 4.69) is 47.2 Å². The Morgan fingerprint density at radius 3 is 2.86 bits per heavy atom. The number of aromatic amines is 1. The van der Waals surface area contributed by atoms with Gasteiger partial charge in [-0.25, -0.2) is 4.39 Å². The van der Waals surface area contributed by atoms with Crippen LogP contribution in [0.3, 0.4) is 0 Å². The number of amides is 1. The van der Waals surface area contributed by atoms with E-state index in [1.165, 1.54) is 37.1 Å². The van der Waals surface area contributed by atoms with Crippen LogP contribution in [0.2, 0.25) is 0 Å². The van der Waals surface area contributed by atoms with Crippen LogP contribution in [-0.2, 0) is 0 Å². The van der Waals surface area contributed by atoms with E-state index in [1.807, 2.05) is 6.07 Å². The van der Waals surface area contributed by atoms with E-state index < -0.39 is 0 Å². The lowest BCUT2D eigenvalue weighted by Gasteiger charge is -2.35. The maximum absolute atomic E-state index is 13.3. The maximum Gasteiger partial charge on any atom is 0.272 e. The summed E-state index contributed by atoms with van der Waals surface area (Å²) in [6.45, 7) is 6.76. The minimum Gasteiger partial charge on any atom is -0.351 e. The average molecular weight is 379 g/mol. The van der Waals surface area contributed by atoms with Crippen molar-refractivity contribution in [3.63, 3.8) is 0 Å². The Bertz CT molecular complexity index is 994. The van der Waals surface area contributed by atoms with E-state index in [1.54, 1.807) is 12.1 Å². The molecular weight excluding hydrogens is 353 g/mol. The largest absolute Gasteiger partial charge is 0.351 e. The summed E-state index contributed by atoms with van der Waals surface area (Å²) in [7, 11) is 0. The van der Waals surface area contributed by atoms with Crippen molar-refractivity contribution in [1.82, 2.24) is 9.88 Å². The van der Waals surface area contributed by atoms with Gasteiger partial charge in [0.05, 0.1) is 0 Å². The molecule has 5 heteroatoms. The van der Waals surface area contributed by atoms with Crippen LogP contribution in [-0.4, -0.2) is 34.9 Å². The third-order valence-electron chi connectivity index (χ3n) is 5.63. The second kappa shape index (κ2) is 7.76. The third-order valence-corrected chi connectivity index (χ3v) is 5.63. The maximum atomic E-state index is 13.3. The van der Waals surface area contributed by atoms with Gasteiger partial charge in [-0.05, 0) is 81.1 Å². The lowest BCUT2D eigenvalue weighted by Crippen LogP contribution is -2.39. The Balaban J connectivity index is 1.54. The van der Waals surface area contributed by atoms with Gasteiger partial charge in [0.15, 0.2) is 0 Å². The second-order valence-corrected chi connectivity index (χ2v) is 7.92. The molecule has 0 spiro atoms. The number of aromatic nitrogens is 1. The standard InChI is InChI=1S/C23H26FN3O/c1-15(2)27-10-4-5-17(14-27)16-8-9-21-18(11-16)12-22(26-21)23(28)25-20-7-3-6-19(24)13-20/h3,6-9,11-13,15,17,26H,4-5,10,14H2,1-2H3,(H,25,28)/t17-/m1/s1. The number of likely N-dealkylation sites (tertiary alicyclic amines) is 1. The van der Waals surface area contributed by atoms with Crippen molar-refractivity contribution < 1.29 is 9.18 Å².